The van der Waals surface area contributed by atoms with Gasteiger partial charge in [-0.1, -0.05) is 17.7 Å². The van der Waals surface area contributed by atoms with E-state index >= 15 is 0 Å². The summed E-state index contributed by atoms with van der Waals surface area (Å²) in [5.41, 5.74) is 1.87. The molecule has 0 aromatic heterocycles. The van der Waals surface area contributed by atoms with Crippen LogP contribution in [0.4, 0.5) is 4.39 Å². The Morgan fingerprint density at radius 2 is 2.00 bits per heavy atom. The summed E-state index contributed by atoms with van der Waals surface area (Å²) in [5.74, 6) is 0.971. The Morgan fingerprint density at radius 1 is 1.19 bits per heavy atom. The summed E-state index contributed by atoms with van der Waals surface area (Å²) < 4.78 is 19.4. The largest absolute Gasteiger partial charge is 0.455 e. The molecular formula is C17H17ClFNO. The topological polar surface area (TPSA) is 21.3 Å². The van der Waals surface area contributed by atoms with Gasteiger partial charge in [0, 0.05) is 18.2 Å². The molecule has 0 unspecified atom stereocenters. The highest BCUT2D eigenvalue weighted by Gasteiger charge is 2.21. The molecule has 4 heteroatoms. The lowest BCUT2D eigenvalue weighted by atomic mass is 10.2. The molecule has 1 fully saturated rings. The first kappa shape index (κ1) is 14.4. The lowest BCUT2D eigenvalue weighted by molar-refractivity contribution is 0.469. The van der Waals surface area contributed by atoms with Crippen LogP contribution in [0.2, 0.25) is 5.02 Å². The van der Waals surface area contributed by atoms with Crippen LogP contribution in [-0.2, 0) is 6.54 Å². The van der Waals surface area contributed by atoms with Gasteiger partial charge in [0.1, 0.15) is 17.3 Å². The van der Waals surface area contributed by atoms with Crippen LogP contribution in [0, 0.1) is 12.7 Å². The molecule has 0 amide bonds. The minimum atomic E-state index is -0.259. The first-order valence-corrected chi connectivity index (χ1v) is 7.45. The Kier molecular flexibility index (Phi) is 4.13. The molecule has 110 valence electrons. The summed E-state index contributed by atoms with van der Waals surface area (Å²) in [6, 6.07) is 10.7. The van der Waals surface area contributed by atoms with E-state index in [4.69, 9.17) is 16.3 Å². The smallest absolute Gasteiger partial charge is 0.146 e. The van der Waals surface area contributed by atoms with E-state index in [9.17, 15) is 4.39 Å². The summed E-state index contributed by atoms with van der Waals surface area (Å²) in [6.07, 6.45) is 2.38. The zero-order valence-corrected chi connectivity index (χ0v) is 12.6. The number of benzene rings is 2. The predicted octanol–water partition coefficient (Wildman–Crippen LogP) is 4.83. The standard InChI is InChI=1S/C17H17ClFNO/c1-11-2-6-15(18)17(8-11)21-16-7-3-13(19)9-12(16)10-20-14-4-5-14/h2-3,6-9,14,20H,4-5,10H2,1H3. The number of ether oxygens (including phenoxy) is 1. The summed E-state index contributed by atoms with van der Waals surface area (Å²) >= 11 is 6.15. The Hall–Kier alpha value is -1.58. The van der Waals surface area contributed by atoms with Gasteiger partial charge < -0.3 is 10.1 Å². The van der Waals surface area contributed by atoms with Gasteiger partial charge in [0.15, 0.2) is 0 Å². The molecule has 1 saturated carbocycles. The molecule has 2 aromatic carbocycles. The molecule has 0 aliphatic heterocycles. The minimum Gasteiger partial charge on any atom is -0.455 e. The number of aryl methyl sites for hydroxylation is 1. The quantitative estimate of drug-likeness (QED) is 0.854. The summed E-state index contributed by atoms with van der Waals surface area (Å²) in [4.78, 5) is 0. The van der Waals surface area contributed by atoms with Crippen molar-refractivity contribution in [3.8, 4) is 11.5 Å². The molecule has 2 aromatic rings. The fourth-order valence-corrected chi connectivity index (χ4v) is 2.29. The van der Waals surface area contributed by atoms with E-state index in [2.05, 4.69) is 5.32 Å². The van der Waals surface area contributed by atoms with Crippen molar-refractivity contribution >= 4 is 11.6 Å². The van der Waals surface area contributed by atoms with Crippen LogP contribution in [0.15, 0.2) is 36.4 Å². The zero-order valence-electron chi connectivity index (χ0n) is 11.8. The maximum atomic E-state index is 13.5. The second-order valence-electron chi connectivity index (χ2n) is 5.44. The maximum Gasteiger partial charge on any atom is 0.146 e. The molecule has 3 rings (SSSR count). The molecule has 21 heavy (non-hydrogen) atoms. The van der Waals surface area contributed by atoms with E-state index in [1.807, 2.05) is 19.1 Å². The van der Waals surface area contributed by atoms with E-state index < -0.39 is 0 Å². The number of hydrogen-bond donors (Lipinski definition) is 1. The van der Waals surface area contributed by atoms with Gasteiger partial charge in [-0.25, -0.2) is 4.39 Å². The molecule has 0 saturated heterocycles. The Morgan fingerprint density at radius 3 is 2.76 bits per heavy atom. The van der Waals surface area contributed by atoms with E-state index in [-0.39, 0.29) is 5.82 Å². The zero-order chi connectivity index (χ0) is 14.8. The van der Waals surface area contributed by atoms with Gasteiger partial charge in [-0.05, 0) is 55.7 Å². The molecule has 0 radical (unpaired) electrons. The van der Waals surface area contributed by atoms with Gasteiger partial charge in [-0.15, -0.1) is 0 Å². The van der Waals surface area contributed by atoms with Crippen LogP contribution < -0.4 is 10.1 Å². The van der Waals surface area contributed by atoms with E-state index in [0.29, 0.717) is 29.1 Å². The van der Waals surface area contributed by atoms with E-state index in [1.54, 1.807) is 12.1 Å². The molecule has 0 bridgehead atoms. The van der Waals surface area contributed by atoms with Crippen molar-refractivity contribution in [1.82, 2.24) is 5.32 Å². The normalized spacial score (nSPS) is 14.2. The van der Waals surface area contributed by atoms with Crippen molar-refractivity contribution < 1.29 is 9.13 Å². The number of nitrogens with one attached hydrogen (secondary N) is 1. The van der Waals surface area contributed by atoms with Crippen molar-refractivity contribution in [2.24, 2.45) is 0 Å². The Labute approximate surface area is 128 Å². The second kappa shape index (κ2) is 6.04. The lowest BCUT2D eigenvalue weighted by Crippen LogP contribution is -2.16. The average Bonchev–Trinajstić information content (AvgIpc) is 3.27. The van der Waals surface area contributed by atoms with Gasteiger partial charge in [-0.3, -0.25) is 0 Å². The fraction of sp³-hybridized carbons (Fsp3) is 0.294. The van der Waals surface area contributed by atoms with E-state index in [1.165, 1.54) is 25.0 Å². The van der Waals surface area contributed by atoms with Crippen molar-refractivity contribution in [1.29, 1.82) is 0 Å². The third-order valence-electron chi connectivity index (χ3n) is 3.49. The van der Waals surface area contributed by atoms with Crippen LogP contribution >= 0.6 is 11.6 Å². The molecular weight excluding hydrogens is 289 g/mol. The summed E-state index contributed by atoms with van der Waals surface area (Å²) in [5, 5.41) is 3.92. The molecule has 0 heterocycles. The summed E-state index contributed by atoms with van der Waals surface area (Å²) in [7, 11) is 0. The highest BCUT2D eigenvalue weighted by Crippen LogP contribution is 2.32. The van der Waals surface area contributed by atoms with Crippen molar-refractivity contribution in [3.63, 3.8) is 0 Å². The highest BCUT2D eigenvalue weighted by molar-refractivity contribution is 6.32. The van der Waals surface area contributed by atoms with Gasteiger partial charge in [0.25, 0.3) is 0 Å². The first-order chi connectivity index (χ1) is 10.1. The number of hydrogen-bond acceptors (Lipinski definition) is 2. The molecule has 0 atom stereocenters. The molecule has 0 spiro atoms. The first-order valence-electron chi connectivity index (χ1n) is 7.07. The Balaban J connectivity index is 1.84. The fourth-order valence-electron chi connectivity index (χ4n) is 2.13. The predicted molar refractivity (Wildman–Crippen MR) is 82.5 cm³/mol. The second-order valence-corrected chi connectivity index (χ2v) is 5.85. The van der Waals surface area contributed by atoms with Crippen LogP contribution in [0.3, 0.4) is 0 Å². The Bertz CT molecular complexity index is 655. The van der Waals surface area contributed by atoms with E-state index in [0.717, 1.165) is 11.1 Å². The van der Waals surface area contributed by atoms with Crippen LogP contribution in [0.1, 0.15) is 24.0 Å². The van der Waals surface area contributed by atoms with Crippen molar-refractivity contribution in [2.45, 2.75) is 32.4 Å². The number of halogens is 2. The van der Waals surface area contributed by atoms with Crippen LogP contribution in [0.25, 0.3) is 0 Å². The van der Waals surface area contributed by atoms with Crippen molar-refractivity contribution in [2.75, 3.05) is 0 Å². The summed E-state index contributed by atoms with van der Waals surface area (Å²) in [6.45, 7) is 2.57. The SMILES string of the molecule is Cc1ccc(Cl)c(Oc2ccc(F)cc2CNC2CC2)c1. The van der Waals surface area contributed by atoms with Crippen LogP contribution in [0.5, 0.6) is 11.5 Å². The lowest BCUT2D eigenvalue weighted by Gasteiger charge is -2.13. The third-order valence-corrected chi connectivity index (χ3v) is 3.80. The highest BCUT2D eigenvalue weighted by atomic mass is 35.5. The molecule has 1 aliphatic rings. The van der Waals surface area contributed by atoms with Gasteiger partial charge >= 0.3 is 0 Å². The number of rotatable bonds is 5. The molecule has 2 nitrogen and oxygen atoms in total. The minimum absolute atomic E-state index is 0.259. The van der Waals surface area contributed by atoms with Crippen LogP contribution in [-0.4, -0.2) is 6.04 Å². The van der Waals surface area contributed by atoms with Gasteiger partial charge in [0.2, 0.25) is 0 Å². The maximum absolute atomic E-state index is 13.5. The average molecular weight is 306 g/mol. The van der Waals surface area contributed by atoms with Gasteiger partial charge in [-0.2, -0.15) is 0 Å². The van der Waals surface area contributed by atoms with Gasteiger partial charge in [0.05, 0.1) is 5.02 Å². The molecule has 1 aliphatic carbocycles. The third kappa shape index (κ3) is 3.74. The monoisotopic (exact) mass is 305 g/mol. The molecule has 1 N–H and O–H groups in total. The van der Waals surface area contributed by atoms with Crippen molar-refractivity contribution in [3.05, 3.63) is 58.4 Å².